The number of nitrogens with zero attached hydrogens (tertiary/aromatic N) is 5. The fraction of sp³-hybridized carbons (Fsp3) is 0.211. The molecule has 0 saturated heterocycles. The van der Waals surface area contributed by atoms with Gasteiger partial charge in [-0.25, -0.2) is 17.7 Å². The van der Waals surface area contributed by atoms with Crippen molar-refractivity contribution in [3.8, 4) is 17.2 Å². The van der Waals surface area contributed by atoms with E-state index in [0.717, 1.165) is 15.6 Å². The molecule has 2 aromatic carbocycles. The van der Waals surface area contributed by atoms with Gasteiger partial charge in [-0.1, -0.05) is 4.85 Å². The monoisotopic (exact) mass is 429 g/mol. The molecular weight excluding hydrogens is 410 g/mol. The molecule has 4 aromatic rings. The molecule has 10 nitrogen and oxygen atoms in total. The van der Waals surface area contributed by atoms with E-state index in [1.54, 1.807) is 13.2 Å². The van der Waals surface area contributed by atoms with E-state index < -0.39 is 10.0 Å². The average molecular weight is 429 g/mol. The lowest BCUT2D eigenvalue weighted by molar-refractivity contribution is 0.0730. The Morgan fingerprint density at radius 1 is 1.13 bits per heavy atom. The van der Waals surface area contributed by atoms with Crippen molar-refractivity contribution in [3.63, 3.8) is 0 Å². The Morgan fingerprint density at radius 3 is 2.60 bits per heavy atom. The molecule has 0 fully saturated rings. The highest BCUT2D eigenvalue weighted by Crippen LogP contribution is 2.22. The Labute approximate surface area is 172 Å². The number of oxazole rings is 1. The second-order valence-electron chi connectivity index (χ2n) is 6.55. The van der Waals surface area contributed by atoms with E-state index in [2.05, 4.69) is 15.3 Å². The van der Waals surface area contributed by atoms with Crippen molar-refractivity contribution in [1.29, 1.82) is 0 Å². The number of sulfonamides is 1. The summed E-state index contributed by atoms with van der Waals surface area (Å²) in [6.07, 6.45) is 1.49. The van der Waals surface area contributed by atoms with Crippen molar-refractivity contribution >= 4 is 21.1 Å². The topological polar surface area (TPSA) is 113 Å². The van der Waals surface area contributed by atoms with Crippen LogP contribution in [0.5, 0.6) is 5.75 Å². The molecule has 0 radical (unpaired) electrons. The lowest BCUT2D eigenvalue weighted by atomic mass is 10.2. The Bertz CT molecular complexity index is 1280. The maximum absolute atomic E-state index is 12.4. The summed E-state index contributed by atoms with van der Waals surface area (Å²) in [5.74, 6) is 1.18. The third kappa shape index (κ3) is 3.72. The van der Waals surface area contributed by atoms with E-state index in [1.807, 2.05) is 24.3 Å². The highest BCUT2D eigenvalue weighted by atomic mass is 32.2. The van der Waals surface area contributed by atoms with Crippen molar-refractivity contribution in [3.05, 3.63) is 54.4 Å². The van der Waals surface area contributed by atoms with Crippen molar-refractivity contribution in [2.24, 2.45) is 0 Å². The van der Waals surface area contributed by atoms with E-state index in [9.17, 15) is 8.42 Å². The van der Waals surface area contributed by atoms with Gasteiger partial charge < -0.3 is 14.0 Å². The van der Waals surface area contributed by atoms with E-state index >= 15 is 0 Å². The summed E-state index contributed by atoms with van der Waals surface area (Å²) < 4.78 is 36.5. The summed E-state index contributed by atoms with van der Waals surface area (Å²) in [4.78, 5) is 11.3. The predicted octanol–water partition coefficient (Wildman–Crippen LogP) is 1.97. The molecule has 156 valence electrons. The SMILES string of the molecule is COc1ccc(-c2nc(COn3nnc4ccc(S(=O)(=O)N(C)C)cc43)co2)cc1. The molecule has 2 aromatic heterocycles. The quantitative estimate of drug-likeness (QED) is 0.438. The first-order valence-electron chi connectivity index (χ1n) is 8.88. The highest BCUT2D eigenvalue weighted by Gasteiger charge is 2.19. The van der Waals surface area contributed by atoms with E-state index in [4.69, 9.17) is 14.0 Å². The van der Waals surface area contributed by atoms with E-state index in [0.29, 0.717) is 22.6 Å². The van der Waals surface area contributed by atoms with Crippen molar-refractivity contribution in [2.75, 3.05) is 21.2 Å². The molecule has 0 amide bonds. The predicted molar refractivity (Wildman–Crippen MR) is 107 cm³/mol. The summed E-state index contributed by atoms with van der Waals surface area (Å²) in [5.41, 5.74) is 2.27. The Kier molecular flexibility index (Phi) is 5.14. The molecule has 0 aliphatic heterocycles. The maximum atomic E-state index is 12.4. The minimum absolute atomic E-state index is 0.0583. The van der Waals surface area contributed by atoms with Gasteiger partial charge in [-0.3, -0.25) is 0 Å². The van der Waals surface area contributed by atoms with Crippen LogP contribution < -0.4 is 9.57 Å². The summed E-state index contributed by atoms with van der Waals surface area (Å²) in [5, 5.41) is 7.92. The van der Waals surface area contributed by atoms with Gasteiger partial charge >= 0.3 is 0 Å². The number of rotatable bonds is 7. The van der Waals surface area contributed by atoms with Crippen LogP contribution in [-0.4, -0.2) is 54.1 Å². The van der Waals surface area contributed by atoms with Gasteiger partial charge in [-0.15, -0.1) is 5.10 Å². The number of benzene rings is 2. The van der Waals surface area contributed by atoms with Gasteiger partial charge in [-0.05, 0) is 47.7 Å². The second-order valence-corrected chi connectivity index (χ2v) is 8.70. The molecule has 0 saturated carbocycles. The zero-order chi connectivity index (χ0) is 21.3. The van der Waals surface area contributed by atoms with Gasteiger partial charge in [0.1, 0.15) is 28.7 Å². The van der Waals surface area contributed by atoms with Crippen LogP contribution in [0.25, 0.3) is 22.5 Å². The summed E-state index contributed by atoms with van der Waals surface area (Å²) in [6, 6.07) is 11.8. The molecule has 0 bridgehead atoms. The fourth-order valence-electron chi connectivity index (χ4n) is 2.71. The van der Waals surface area contributed by atoms with Crippen LogP contribution in [0.1, 0.15) is 5.69 Å². The highest BCUT2D eigenvalue weighted by molar-refractivity contribution is 7.89. The average Bonchev–Trinajstić information content (AvgIpc) is 3.38. The largest absolute Gasteiger partial charge is 0.497 e. The summed E-state index contributed by atoms with van der Waals surface area (Å²) >= 11 is 0. The van der Waals surface area contributed by atoms with Gasteiger partial charge in [0.05, 0.1) is 12.0 Å². The summed E-state index contributed by atoms with van der Waals surface area (Å²) in [6.45, 7) is 0.0583. The first-order valence-corrected chi connectivity index (χ1v) is 10.3. The molecule has 0 N–H and O–H groups in total. The number of hydrogen-bond donors (Lipinski definition) is 0. The van der Waals surface area contributed by atoms with Crippen LogP contribution >= 0.6 is 0 Å². The van der Waals surface area contributed by atoms with E-state index in [1.165, 1.54) is 37.3 Å². The second kappa shape index (κ2) is 7.76. The van der Waals surface area contributed by atoms with Crippen LogP contribution in [-0.2, 0) is 16.6 Å². The van der Waals surface area contributed by atoms with Crippen LogP contribution in [0.2, 0.25) is 0 Å². The Hall–Kier alpha value is -3.44. The maximum Gasteiger partial charge on any atom is 0.242 e. The smallest absolute Gasteiger partial charge is 0.242 e. The normalized spacial score (nSPS) is 11.9. The van der Waals surface area contributed by atoms with Crippen LogP contribution in [0, 0.1) is 0 Å². The summed E-state index contributed by atoms with van der Waals surface area (Å²) in [7, 11) is 0.947. The van der Waals surface area contributed by atoms with Crippen LogP contribution in [0.4, 0.5) is 0 Å². The van der Waals surface area contributed by atoms with Gasteiger partial charge in [0.15, 0.2) is 6.61 Å². The zero-order valence-corrected chi connectivity index (χ0v) is 17.3. The first-order chi connectivity index (χ1) is 14.4. The molecule has 0 unspecified atom stereocenters. The minimum Gasteiger partial charge on any atom is -0.497 e. The van der Waals surface area contributed by atoms with Crippen molar-refractivity contribution < 1.29 is 22.4 Å². The van der Waals surface area contributed by atoms with E-state index in [-0.39, 0.29) is 11.5 Å². The van der Waals surface area contributed by atoms with Gasteiger partial charge in [0.25, 0.3) is 0 Å². The number of aromatic nitrogens is 4. The first kappa shape index (κ1) is 19.9. The zero-order valence-electron chi connectivity index (χ0n) is 16.5. The van der Waals surface area contributed by atoms with Crippen molar-refractivity contribution in [1.82, 2.24) is 24.4 Å². The number of fused-ring (bicyclic) bond motifs is 1. The molecule has 0 aliphatic rings. The third-order valence-corrected chi connectivity index (χ3v) is 6.20. The molecule has 0 spiro atoms. The fourth-order valence-corrected chi connectivity index (χ4v) is 3.63. The third-order valence-electron chi connectivity index (χ3n) is 4.39. The molecule has 0 atom stereocenters. The Morgan fingerprint density at radius 2 is 1.90 bits per heavy atom. The van der Waals surface area contributed by atoms with Gasteiger partial charge in [0, 0.05) is 19.7 Å². The lowest BCUT2D eigenvalue weighted by Gasteiger charge is -2.11. The van der Waals surface area contributed by atoms with Crippen molar-refractivity contribution in [2.45, 2.75) is 11.5 Å². The molecule has 2 heterocycles. The number of hydrogen-bond acceptors (Lipinski definition) is 8. The number of ether oxygens (including phenoxy) is 1. The molecule has 0 aliphatic carbocycles. The number of methoxy groups -OCH3 is 1. The Balaban J connectivity index is 1.53. The molecule has 30 heavy (non-hydrogen) atoms. The molecular formula is C19H19N5O5S. The molecule has 4 rings (SSSR count). The van der Waals surface area contributed by atoms with Gasteiger partial charge in [-0.2, -0.15) is 0 Å². The lowest BCUT2D eigenvalue weighted by Crippen LogP contribution is -2.22. The van der Waals surface area contributed by atoms with Crippen LogP contribution in [0.15, 0.2) is 58.0 Å². The molecule has 11 heteroatoms. The van der Waals surface area contributed by atoms with Crippen LogP contribution in [0.3, 0.4) is 0 Å². The van der Waals surface area contributed by atoms with Gasteiger partial charge in [0.2, 0.25) is 15.9 Å². The standard InChI is InChI=1S/C19H19N5O5S/c1-23(2)30(25,26)16-8-9-17-18(10-16)24(22-21-17)29-12-14-11-28-19(20-14)13-4-6-15(27-3)7-5-13/h4-11H,12H2,1-3H3. The minimum atomic E-state index is -3.59.